The van der Waals surface area contributed by atoms with Crippen LogP contribution >= 0.6 is 0 Å². The number of oxazole rings is 1. The molecule has 5 heteroatoms. The molecule has 0 fully saturated rings. The third kappa shape index (κ3) is 3.45. The summed E-state index contributed by atoms with van der Waals surface area (Å²) >= 11 is 0. The molecule has 1 N–H and O–H groups in total. The van der Waals surface area contributed by atoms with Gasteiger partial charge in [0, 0.05) is 25.7 Å². The van der Waals surface area contributed by atoms with Crippen LogP contribution in [0.3, 0.4) is 0 Å². The van der Waals surface area contributed by atoms with Crippen molar-refractivity contribution < 1.29 is 9.21 Å². The Morgan fingerprint density at radius 1 is 1.17 bits per heavy atom. The fourth-order valence-electron chi connectivity index (χ4n) is 2.36. The Hall–Kier alpha value is -2.95. The van der Waals surface area contributed by atoms with Gasteiger partial charge in [0.05, 0.1) is 0 Å². The van der Waals surface area contributed by atoms with Gasteiger partial charge in [-0.25, -0.2) is 4.98 Å². The van der Waals surface area contributed by atoms with E-state index in [1.807, 2.05) is 31.2 Å². The first kappa shape index (κ1) is 15.0. The van der Waals surface area contributed by atoms with Crippen LogP contribution < -0.4 is 5.32 Å². The Balaban J connectivity index is 1.77. The lowest BCUT2D eigenvalue weighted by Crippen LogP contribution is -2.19. The van der Waals surface area contributed by atoms with Crippen molar-refractivity contribution in [2.24, 2.45) is 0 Å². The molecule has 2 heterocycles. The summed E-state index contributed by atoms with van der Waals surface area (Å²) in [5.74, 6) is 0.478. The Labute approximate surface area is 134 Å². The van der Waals surface area contributed by atoms with Gasteiger partial charge in [0.2, 0.25) is 0 Å². The number of aryl methyl sites for hydroxylation is 1. The Morgan fingerprint density at radius 2 is 1.96 bits per heavy atom. The minimum atomic E-state index is -0.177. The molecule has 0 spiro atoms. The van der Waals surface area contributed by atoms with Gasteiger partial charge < -0.3 is 9.73 Å². The molecule has 0 radical (unpaired) electrons. The lowest BCUT2D eigenvalue weighted by molar-refractivity contribution is 0.0958. The van der Waals surface area contributed by atoms with Crippen LogP contribution in [0, 0.1) is 6.92 Å². The van der Waals surface area contributed by atoms with Crippen LogP contribution in [0.5, 0.6) is 0 Å². The zero-order chi connectivity index (χ0) is 16.2. The minimum Gasteiger partial charge on any atom is -0.449 e. The quantitative estimate of drug-likeness (QED) is 0.804. The molecular formula is C18H17N3O2. The maximum Gasteiger partial charge on any atom is 0.269 e. The molecule has 5 nitrogen and oxygen atoms in total. The Bertz CT molecular complexity index is 822. The van der Waals surface area contributed by atoms with E-state index in [0.717, 1.165) is 28.8 Å². The number of nitrogens with one attached hydrogen (secondary N) is 1. The van der Waals surface area contributed by atoms with Crippen LogP contribution in [0.4, 0.5) is 0 Å². The van der Waals surface area contributed by atoms with E-state index in [0.29, 0.717) is 11.6 Å². The first-order valence-corrected chi connectivity index (χ1v) is 7.34. The maximum absolute atomic E-state index is 11.6. The van der Waals surface area contributed by atoms with E-state index < -0.39 is 0 Å². The molecule has 116 valence electrons. The molecule has 0 bridgehead atoms. The number of pyridine rings is 1. The lowest BCUT2D eigenvalue weighted by atomic mass is 10.0. The summed E-state index contributed by atoms with van der Waals surface area (Å²) in [6.07, 6.45) is 4.06. The second-order valence-electron chi connectivity index (χ2n) is 5.25. The Morgan fingerprint density at radius 3 is 2.61 bits per heavy atom. The summed E-state index contributed by atoms with van der Waals surface area (Å²) in [6, 6.07) is 11.9. The van der Waals surface area contributed by atoms with E-state index in [9.17, 15) is 4.79 Å². The van der Waals surface area contributed by atoms with E-state index in [4.69, 9.17) is 4.42 Å². The van der Waals surface area contributed by atoms with Crippen molar-refractivity contribution in [1.82, 2.24) is 15.3 Å². The van der Waals surface area contributed by atoms with E-state index in [2.05, 4.69) is 27.4 Å². The van der Waals surface area contributed by atoms with Gasteiger partial charge in [0.15, 0.2) is 5.89 Å². The predicted molar refractivity (Wildman–Crippen MR) is 87.1 cm³/mol. The first-order valence-electron chi connectivity index (χ1n) is 7.34. The molecule has 3 rings (SSSR count). The first-order chi connectivity index (χ1) is 11.2. The van der Waals surface area contributed by atoms with E-state index in [1.54, 1.807) is 19.5 Å². The minimum absolute atomic E-state index is 0.177. The number of benzene rings is 1. The van der Waals surface area contributed by atoms with E-state index >= 15 is 0 Å². The monoisotopic (exact) mass is 307 g/mol. The summed E-state index contributed by atoms with van der Waals surface area (Å²) in [4.78, 5) is 20.0. The summed E-state index contributed by atoms with van der Waals surface area (Å²) in [5.41, 5.74) is 4.48. The van der Waals surface area contributed by atoms with E-state index in [-0.39, 0.29) is 5.91 Å². The number of hydrogen-bond acceptors (Lipinski definition) is 4. The standard InChI is InChI=1S/C18H17N3O2/c1-12-21-17(11-23-12)15-5-3-13(4-6-15)9-14-7-8-20-16(10-14)18(22)19-2/h3-8,10-11H,9H2,1-2H3,(H,19,22). The topological polar surface area (TPSA) is 68.0 Å². The average molecular weight is 307 g/mol. The fraction of sp³-hybridized carbons (Fsp3) is 0.167. The van der Waals surface area contributed by atoms with Crippen LogP contribution in [0.1, 0.15) is 27.5 Å². The molecule has 0 unspecified atom stereocenters. The smallest absolute Gasteiger partial charge is 0.269 e. The summed E-state index contributed by atoms with van der Waals surface area (Å²) in [5, 5.41) is 2.58. The highest BCUT2D eigenvalue weighted by atomic mass is 16.3. The summed E-state index contributed by atoms with van der Waals surface area (Å²) in [6.45, 7) is 1.82. The molecule has 1 aromatic carbocycles. The van der Waals surface area contributed by atoms with Gasteiger partial charge >= 0.3 is 0 Å². The molecule has 0 saturated carbocycles. The average Bonchev–Trinajstić information content (AvgIpc) is 3.01. The van der Waals surface area contributed by atoms with Crippen molar-refractivity contribution in [2.75, 3.05) is 7.05 Å². The van der Waals surface area contributed by atoms with Crippen LogP contribution in [0.25, 0.3) is 11.3 Å². The van der Waals surface area contributed by atoms with Crippen molar-refractivity contribution in [3.8, 4) is 11.3 Å². The molecule has 0 saturated heterocycles. The molecular weight excluding hydrogens is 290 g/mol. The highest BCUT2D eigenvalue weighted by Gasteiger charge is 2.07. The van der Waals surface area contributed by atoms with Gasteiger partial charge in [0.1, 0.15) is 17.7 Å². The fourth-order valence-corrected chi connectivity index (χ4v) is 2.36. The molecule has 0 aliphatic heterocycles. The molecule has 0 aliphatic carbocycles. The van der Waals surface area contributed by atoms with E-state index in [1.165, 1.54) is 0 Å². The molecule has 1 amide bonds. The van der Waals surface area contributed by atoms with Gasteiger partial charge in [-0.3, -0.25) is 9.78 Å². The number of aromatic nitrogens is 2. The zero-order valence-corrected chi connectivity index (χ0v) is 13.0. The predicted octanol–water partition coefficient (Wildman–Crippen LogP) is 3.00. The van der Waals surface area contributed by atoms with Crippen LogP contribution in [-0.2, 0) is 6.42 Å². The number of carbonyl (C=O) groups excluding carboxylic acids is 1. The van der Waals surface area contributed by atoms with Crippen LogP contribution in [0.2, 0.25) is 0 Å². The van der Waals surface area contributed by atoms with Crippen molar-refractivity contribution in [3.63, 3.8) is 0 Å². The summed E-state index contributed by atoms with van der Waals surface area (Å²) < 4.78 is 5.24. The van der Waals surface area contributed by atoms with Crippen molar-refractivity contribution in [2.45, 2.75) is 13.3 Å². The third-order valence-electron chi connectivity index (χ3n) is 3.56. The molecule has 3 aromatic rings. The molecule has 23 heavy (non-hydrogen) atoms. The molecule has 0 aliphatic rings. The summed E-state index contributed by atoms with van der Waals surface area (Å²) in [7, 11) is 1.60. The van der Waals surface area contributed by atoms with Crippen molar-refractivity contribution >= 4 is 5.91 Å². The SMILES string of the molecule is CNC(=O)c1cc(Cc2ccc(-c3coc(C)n3)cc2)ccn1. The number of nitrogens with zero attached hydrogens (tertiary/aromatic N) is 2. The van der Waals surface area contributed by atoms with Crippen LogP contribution in [0.15, 0.2) is 53.3 Å². The number of amides is 1. The van der Waals surface area contributed by atoms with Crippen molar-refractivity contribution in [1.29, 1.82) is 0 Å². The van der Waals surface area contributed by atoms with Crippen molar-refractivity contribution in [3.05, 3.63) is 71.6 Å². The lowest BCUT2D eigenvalue weighted by Gasteiger charge is -2.05. The van der Waals surface area contributed by atoms with Gasteiger partial charge in [-0.15, -0.1) is 0 Å². The second kappa shape index (κ2) is 6.44. The third-order valence-corrected chi connectivity index (χ3v) is 3.56. The number of hydrogen-bond donors (Lipinski definition) is 1. The van der Waals surface area contributed by atoms with Gasteiger partial charge in [-0.05, 0) is 29.7 Å². The normalized spacial score (nSPS) is 10.5. The number of carbonyl (C=O) groups is 1. The molecule has 0 atom stereocenters. The largest absolute Gasteiger partial charge is 0.449 e. The zero-order valence-electron chi connectivity index (χ0n) is 13.0. The molecule has 2 aromatic heterocycles. The maximum atomic E-state index is 11.6. The number of rotatable bonds is 4. The van der Waals surface area contributed by atoms with Crippen LogP contribution in [-0.4, -0.2) is 22.9 Å². The Kier molecular flexibility index (Phi) is 4.19. The highest BCUT2D eigenvalue weighted by molar-refractivity contribution is 5.92. The second-order valence-corrected chi connectivity index (χ2v) is 5.25. The van der Waals surface area contributed by atoms with Gasteiger partial charge in [-0.2, -0.15) is 0 Å². The highest BCUT2D eigenvalue weighted by Crippen LogP contribution is 2.20. The van der Waals surface area contributed by atoms with Gasteiger partial charge in [-0.1, -0.05) is 24.3 Å². The van der Waals surface area contributed by atoms with Gasteiger partial charge in [0.25, 0.3) is 5.91 Å².